The smallest absolute Gasteiger partial charge is 0.337 e. The summed E-state index contributed by atoms with van der Waals surface area (Å²) in [6.45, 7) is 11.2. The van der Waals surface area contributed by atoms with Crippen molar-refractivity contribution < 1.29 is 14.3 Å². The van der Waals surface area contributed by atoms with Crippen molar-refractivity contribution in [1.82, 2.24) is 9.55 Å². The average Bonchev–Trinajstić information content (AvgIpc) is 3.09. The molecule has 0 radical (unpaired) electrons. The van der Waals surface area contributed by atoms with Crippen LogP contribution in [-0.4, -0.2) is 28.7 Å². The molecule has 1 aliphatic carbocycles. The lowest BCUT2D eigenvalue weighted by Gasteiger charge is -2.40. The highest BCUT2D eigenvalue weighted by Gasteiger charge is 2.34. The fourth-order valence-corrected chi connectivity index (χ4v) is 5.56. The zero-order valence-electron chi connectivity index (χ0n) is 20.7. The third-order valence-electron chi connectivity index (χ3n) is 6.57. The van der Waals surface area contributed by atoms with E-state index in [0.717, 1.165) is 41.9 Å². The molecule has 2 aromatic carbocycles. The number of imidazole rings is 1. The molecule has 0 saturated heterocycles. The monoisotopic (exact) mass is 448 g/mol. The van der Waals surface area contributed by atoms with E-state index in [-0.39, 0.29) is 17.5 Å². The van der Waals surface area contributed by atoms with Crippen molar-refractivity contribution in [2.75, 3.05) is 7.11 Å². The van der Waals surface area contributed by atoms with Gasteiger partial charge in [-0.25, -0.2) is 9.78 Å². The molecule has 33 heavy (non-hydrogen) atoms. The molecule has 0 amide bonds. The first-order valence-corrected chi connectivity index (χ1v) is 12.0. The van der Waals surface area contributed by atoms with Crippen LogP contribution < -0.4 is 4.74 Å². The molecular weight excluding hydrogens is 412 g/mol. The van der Waals surface area contributed by atoms with Gasteiger partial charge in [0.1, 0.15) is 11.6 Å². The molecule has 0 bridgehead atoms. The molecule has 1 saturated carbocycles. The first-order chi connectivity index (χ1) is 15.6. The van der Waals surface area contributed by atoms with Gasteiger partial charge in [-0.05, 0) is 80.3 Å². The maximum Gasteiger partial charge on any atom is 0.337 e. The van der Waals surface area contributed by atoms with E-state index in [0.29, 0.717) is 17.5 Å². The summed E-state index contributed by atoms with van der Waals surface area (Å²) in [6.07, 6.45) is 4.39. The van der Waals surface area contributed by atoms with Crippen LogP contribution >= 0.6 is 0 Å². The van der Waals surface area contributed by atoms with Gasteiger partial charge < -0.3 is 14.0 Å². The number of carbonyl (C=O) groups is 1. The van der Waals surface area contributed by atoms with Gasteiger partial charge in [-0.1, -0.05) is 32.9 Å². The number of esters is 1. The second kappa shape index (κ2) is 9.20. The van der Waals surface area contributed by atoms with E-state index in [1.54, 1.807) is 0 Å². The van der Waals surface area contributed by atoms with E-state index in [1.807, 2.05) is 44.2 Å². The lowest BCUT2D eigenvalue weighted by Crippen LogP contribution is -2.30. The third kappa shape index (κ3) is 5.23. The number of rotatable bonds is 6. The first kappa shape index (κ1) is 23.3. The Labute approximate surface area is 197 Å². The van der Waals surface area contributed by atoms with Crippen molar-refractivity contribution in [2.24, 2.45) is 11.3 Å². The Kier molecular flexibility index (Phi) is 6.51. The van der Waals surface area contributed by atoms with Gasteiger partial charge in [0.05, 0.1) is 29.8 Å². The number of aromatic nitrogens is 2. The maximum atomic E-state index is 12.1. The Balaban J connectivity index is 1.75. The molecule has 176 valence electrons. The topological polar surface area (TPSA) is 53.4 Å². The zero-order valence-corrected chi connectivity index (χ0v) is 20.7. The summed E-state index contributed by atoms with van der Waals surface area (Å²) in [4.78, 5) is 17.1. The number of carbonyl (C=O) groups excluding carboxylic acids is 1. The molecule has 2 unspecified atom stereocenters. The minimum atomic E-state index is -0.332. The molecule has 5 nitrogen and oxygen atoms in total. The Morgan fingerprint density at radius 2 is 1.88 bits per heavy atom. The Hall–Kier alpha value is -2.82. The highest BCUT2D eigenvalue weighted by Crippen LogP contribution is 2.45. The summed E-state index contributed by atoms with van der Waals surface area (Å²) in [7, 11) is 1.41. The van der Waals surface area contributed by atoms with Crippen LogP contribution in [0.1, 0.15) is 81.7 Å². The average molecular weight is 449 g/mol. The lowest BCUT2D eigenvalue weighted by atomic mass is 9.70. The zero-order chi connectivity index (χ0) is 23.8. The Morgan fingerprint density at radius 3 is 2.52 bits per heavy atom. The van der Waals surface area contributed by atoms with Gasteiger partial charge in [0, 0.05) is 12.5 Å². The number of nitrogens with zero attached hydrogens (tertiary/aromatic N) is 2. The number of fused-ring (bicyclic) bond motifs is 1. The molecule has 5 heteroatoms. The molecule has 3 aromatic rings. The van der Waals surface area contributed by atoms with E-state index >= 15 is 0 Å². The van der Waals surface area contributed by atoms with Crippen molar-refractivity contribution in [2.45, 2.75) is 72.4 Å². The van der Waals surface area contributed by atoms with Gasteiger partial charge >= 0.3 is 5.97 Å². The van der Waals surface area contributed by atoms with Crippen molar-refractivity contribution in [1.29, 1.82) is 0 Å². The van der Waals surface area contributed by atoms with Gasteiger partial charge in [0.2, 0.25) is 0 Å². The van der Waals surface area contributed by atoms with Crippen molar-refractivity contribution in [3.8, 4) is 5.75 Å². The van der Waals surface area contributed by atoms with Gasteiger partial charge in [0.25, 0.3) is 0 Å². The Bertz CT molecular complexity index is 1130. The molecule has 2 atom stereocenters. The molecule has 0 spiro atoms. The largest absolute Gasteiger partial charge is 0.491 e. The number of benzene rings is 2. The van der Waals surface area contributed by atoms with Crippen LogP contribution in [0.4, 0.5) is 0 Å². The minimum Gasteiger partial charge on any atom is -0.491 e. The minimum absolute atomic E-state index is 0.153. The molecule has 1 fully saturated rings. The predicted molar refractivity (Wildman–Crippen MR) is 132 cm³/mol. The SMILES string of the molecule is COC(=O)c1ccc2c(c1)nc(Cc1ccc(OC(C)C)cc1)n2C1CC(C)CC(C)(C)C1. The van der Waals surface area contributed by atoms with Crippen LogP contribution in [0.15, 0.2) is 42.5 Å². The van der Waals surface area contributed by atoms with Crippen LogP contribution in [0.5, 0.6) is 5.75 Å². The second-order valence-corrected chi connectivity index (χ2v) is 10.6. The molecule has 1 aromatic heterocycles. The summed E-state index contributed by atoms with van der Waals surface area (Å²) in [6, 6.07) is 14.4. The van der Waals surface area contributed by atoms with E-state index in [4.69, 9.17) is 14.5 Å². The summed E-state index contributed by atoms with van der Waals surface area (Å²) in [5.41, 5.74) is 3.96. The summed E-state index contributed by atoms with van der Waals surface area (Å²) in [5.74, 6) is 2.25. The van der Waals surface area contributed by atoms with Crippen LogP contribution in [-0.2, 0) is 11.2 Å². The van der Waals surface area contributed by atoms with Gasteiger partial charge in [-0.3, -0.25) is 0 Å². The highest BCUT2D eigenvalue weighted by atomic mass is 16.5. The van der Waals surface area contributed by atoms with Gasteiger partial charge in [-0.2, -0.15) is 0 Å². The van der Waals surface area contributed by atoms with E-state index < -0.39 is 0 Å². The predicted octanol–water partition coefficient (Wildman–Crippen LogP) is 6.59. The molecule has 4 rings (SSSR count). The molecular formula is C28H36N2O3. The van der Waals surface area contributed by atoms with E-state index in [1.165, 1.54) is 19.1 Å². The molecule has 1 aliphatic rings. The fourth-order valence-electron chi connectivity index (χ4n) is 5.56. The number of hydrogen-bond donors (Lipinski definition) is 0. The number of hydrogen-bond acceptors (Lipinski definition) is 4. The third-order valence-corrected chi connectivity index (χ3v) is 6.57. The molecule has 0 aliphatic heterocycles. The van der Waals surface area contributed by atoms with E-state index in [9.17, 15) is 4.79 Å². The summed E-state index contributed by atoms with van der Waals surface area (Å²) < 4.78 is 13.2. The first-order valence-electron chi connectivity index (χ1n) is 12.0. The highest BCUT2D eigenvalue weighted by molar-refractivity contribution is 5.93. The summed E-state index contributed by atoms with van der Waals surface area (Å²) in [5, 5.41) is 0. The van der Waals surface area contributed by atoms with Gasteiger partial charge in [-0.15, -0.1) is 0 Å². The molecule has 1 heterocycles. The van der Waals surface area contributed by atoms with Crippen molar-refractivity contribution in [3.63, 3.8) is 0 Å². The lowest BCUT2D eigenvalue weighted by molar-refractivity contribution is 0.0601. The van der Waals surface area contributed by atoms with Crippen LogP contribution in [0.25, 0.3) is 11.0 Å². The quantitative estimate of drug-likeness (QED) is 0.399. The van der Waals surface area contributed by atoms with Gasteiger partial charge in [0.15, 0.2) is 0 Å². The maximum absolute atomic E-state index is 12.1. The standard InChI is InChI=1S/C28H36N2O3/c1-18(2)33-23-10-7-20(8-11-23)14-26-29-24-15-21(27(31)32-6)9-12-25(24)30(26)22-13-19(3)16-28(4,5)17-22/h7-12,15,18-19,22H,13-14,16-17H2,1-6H3. The number of ether oxygens (including phenoxy) is 2. The molecule has 0 N–H and O–H groups in total. The fraction of sp³-hybridized carbons (Fsp3) is 0.500. The van der Waals surface area contributed by atoms with E-state index in [2.05, 4.69) is 37.5 Å². The van der Waals surface area contributed by atoms with Crippen molar-refractivity contribution >= 4 is 17.0 Å². The van der Waals surface area contributed by atoms with Crippen molar-refractivity contribution in [3.05, 3.63) is 59.4 Å². The normalized spacial score (nSPS) is 20.2. The number of methoxy groups -OCH3 is 1. The Morgan fingerprint density at radius 1 is 1.15 bits per heavy atom. The van der Waals surface area contributed by atoms with Crippen LogP contribution in [0.2, 0.25) is 0 Å². The van der Waals surface area contributed by atoms with Crippen LogP contribution in [0, 0.1) is 11.3 Å². The summed E-state index contributed by atoms with van der Waals surface area (Å²) >= 11 is 0. The second-order valence-electron chi connectivity index (χ2n) is 10.6. The van der Waals surface area contributed by atoms with Crippen LogP contribution in [0.3, 0.4) is 0 Å².